The molecule has 7 nitrogen and oxygen atoms in total. The number of hydrogen-bond acceptors (Lipinski definition) is 5. The van der Waals surface area contributed by atoms with Crippen LogP contribution in [-0.2, 0) is 4.79 Å². The highest BCUT2D eigenvalue weighted by molar-refractivity contribution is 6.01. The Labute approximate surface area is 144 Å². The number of aromatic nitrogens is 3. The van der Waals surface area contributed by atoms with E-state index in [9.17, 15) is 4.79 Å². The molecule has 1 N–H and O–H groups in total. The van der Waals surface area contributed by atoms with Gasteiger partial charge >= 0.3 is 0 Å². The first-order chi connectivity index (χ1) is 12.1. The van der Waals surface area contributed by atoms with Crippen LogP contribution in [0.4, 0.5) is 0 Å². The quantitative estimate of drug-likeness (QED) is 0.585. The molecule has 0 unspecified atom stereocenters. The van der Waals surface area contributed by atoms with E-state index >= 15 is 0 Å². The van der Waals surface area contributed by atoms with Crippen molar-refractivity contribution in [3.63, 3.8) is 0 Å². The topological polar surface area (TPSA) is 94.9 Å². The Bertz CT molecular complexity index is 981. The summed E-state index contributed by atoms with van der Waals surface area (Å²) in [6, 6.07) is 10.8. The van der Waals surface area contributed by atoms with Gasteiger partial charge in [-0.2, -0.15) is 5.26 Å². The van der Waals surface area contributed by atoms with Crippen LogP contribution in [-0.4, -0.2) is 39.9 Å². The van der Waals surface area contributed by atoms with E-state index in [1.165, 1.54) is 11.2 Å². The van der Waals surface area contributed by atoms with Crippen LogP contribution in [0.3, 0.4) is 0 Å². The molecule has 0 aliphatic rings. The Kier molecular flexibility index (Phi) is 4.44. The molecule has 124 valence electrons. The predicted octanol–water partition coefficient (Wildman–Crippen LogP) is 2.75. The summed E-state index contributed by atoms with van der Waals surface area (Å²) in [5.41, 5.74) is 1.50. The summed E-state index contributed by atoms with van der Waals surface area (Å²) in [4.78, 5) is 24.5. The average molecular weight is 333 g/mol. The number of fused-ring (bicyclic) bond motifs is 1. The number of nitriles is 1. The van der Waals surface area contributed by atoms with Crippen LogP contribution >= 0.6 is 0 Å². The zero-order chi connectivity index (χ0) is 17.8. The number of nitrogens with one attached hydrogen (secondary N) is 1. The average Bonchev–Trinajstić information content (AvgIpc) is 3.10. The van der Waals surface area contributed by atoms with E-state index < -0.39 is 0 Å². The molecule has 2 heterocycles. The molecule has 3 rings (SSSR count). The molecule has 3 aromatic rings. The minimum absolute atomic E-state index is 0.0727. The Morgan fingerprint density at radius 3 is 2.68 bits per heavy atom. The second-order valence-electron chi connectivity index (χ2n) is 5.46. The highest BCUT2D eigenvalue weighted by Crippen LogP contribution is 2.26. The Morgan fingerprint density at radius 2 is 2.00 bits per heavy atom. The molecule has 1 amide bonds. The third-order valence-corrected chi connectivity index (χ3v) is 3.48. The standard InChI is InChI=1S/C18H15N5O2/c1-23(2)18(24)13(10-19)9-12-3-5-14(6-4-12)25-17-15-7-8-20-16(15)21-11-22-17/h3-9,11H,1-2H3,(H,20,21,22)/b13-9+. The molecule has 0 radical (unpaired) electrons. The number of hydrogen-bond donors (Lipinski definition) is 1. The van der Waals surface area contributed by atoms with E-state index in [-0.39, 0.29) is 11.5 Å². The maximum absolute atomic E-state index is 11.9. The molecule has 0 saturated heterocycles. The van der Waals surface area contributed by atoms with Gasteiger partial charge in [-0.25, -0.2) is 9.97 Å². The molecule has 7 heteroatoms. The van der Waals surface area contributed by atoms with Gasteiger partial charge in [-0.1, -0.05) is 12.1 Å². The highest BCUT2D eigenvalue weighted by Gasteiger charge is 2.11. The van der Waals surface area contributed by atoms with Crippen molar-refractivity contribution >= 4 is 23.0 Å². The monoisotopic (exact) mass is 333 g/mol. The number of ether oxygens (including phenoxy) is 1. The van der Waals surface area contributed by atoms with E-state index in [0.29, 0.717) is 17.3 Å². The Hall–Kier alpha value is -3.66. The number of aromatic amines is 1. The van der Waals surface area contributed by atoms with Gasteiger partial charge in [0.15, 0.2) is 0 Å². The minimum Gasteiger partial charge on any atom is -0.438 e. The number of carbonyl (C=O) groups excluding carboxylic acids is 1. The molecule has 2 aromatic heterocycles. The third kappa shape index (κ3) is 3.48. The zero-order valence-corrected chi connectivity index (χ0v) is 13.7. The Balaban J connectivity index is 1.82. The van der Waals surface area contributed by atoms with E-state index in [1.807, 2.05) is 12.1 Å². The van der Waals surface area contributed by atoms with Crippen molar-refractivity contribution in [1.29, 1.82) is 5.26 Å². The first-order valence-electron chi connectivity index (χ1n) is 7.48. The zero-order valence-electron chi connectivity index (χ0n) is 13.7. The fraction of sp³-hybridized carbons (Fsp3) is 0.111. The molecule has 1 aromatic carbocycles. The van der Waals surface area contributed by atoms with Gasteiger partial charge in [-0.05, 0) is 29.8 Å². The number of benzene rings is 1. The summed E-state index contributed by atoms with van der Waals surface area (Å²) < 4.78 is 5.79. The second kappa shape index (κ2) is 6.84. The van der Waals surface area contributed by atoms with E-state index in [0.717, 1.165) is 10.9 Å². The van der Waals surface area contributed by atoms with Crippen LogP contribution in [0.15, 0.2) is 48.4 Å². The summed E-state index contributed by atoms with van der Waals surface area (Å²) in [7, 11) is 3.21. The van der Waals surface area contributed by atoms with Crippen molar-refractivity contribution in [2.75, 3.05) is 14.1 Å². The SMILES string of the molecule is CN(C)C(=O)/C(C#N)=C/c1ccc(Oc2ncnc3[nH]ccc23)cc1. The lowest BCUT2D eigenvalue weighted by Crippen LogP contribution is -2.22. The normalized spacial score (nSPS) is 11.2. The third-order valence-electron chi connectivity index (χ3n) is 3.48. The molecule has 0 saturated carbocycles. The van der Waals surface area contributed by atoms with Gasteiger partial charge in [-0.15, -0.1) is 0 Å². The lowest BCUT2D eigenvalue weighted by atomic mass is 10.1. The van der Waals surface area contributed by atoms with Gasteiger partial charge < -0.3 is 14.6 Å². The van der Waals surface area contributed by atoms with E-state index in [2.05, 4.69) is 15.0 Å². The molecule has 0 fully saturated rings. The van der Waals surface area contributed by atoms with E-state index in [1.54, 1.807) is 50.6 Å². The summed E-state index contributed by atoms with van der Waals surface area (Å²) in [5, 5.41) is 9.92. The van der Waals surface area contributed by atoms with Crippen molar-refractivity contribution in [3.8, 4) is 17.7 Å². The number of rotatable bonds is 4. The smallest absolute Gasteiger partial charge is 0.264 e. The molecule has 0 spiro atoms. The Morgan fingerprint density at radius 1 is 1.24 bits per heavy atom. The second-order valence-corrected chi connectivity index (χ2v) is 5.46. The number of carbonyl (C=O) groups is 1. The summed E-state index contributed by atoms with van der Waals surface area (Å²) >= 11 is 0. The van der Waals surface area contributed by atoms with Crippen molar-refractivity contribution in [3.05, 3.63) is 54.0 Å². The molecule has 25 heavy (non-hydrogen) atoms. The van der Waals surface area contributed by atoms with Gasteiger partial charge in [0.05, 0.1) is 5.39 Å². The van der Waals surface area contributed by atoms with Crippen molar-refractivity contribution < 1.29 is 9.53 Å². The van der Waals surface area contributed by atoms with Gasteiger partial charge in [0.1, 0.15) is 29.4 Å². The highest BCUT2D eigenvalue weighted by atomic mass is 16.5. The first kappa shape index (κ1) is 16.2. The molecule has 0 aliphatic carbocycles. The van der Waals surface area contributed by atoms with Crippen LogP contribution in [0, 0.1) is 11.3 Å². The molecular weight excluding hydrogens is 318 g/mol. The molecule has 0 bridgehead atoms. The fourth-order valence-corrected chi connectivity index (χ4v) is 2.22. The van der Waals surface area contributed by atoms with Crippen LogP contribution in [0.25, 0.3) is 17.1 Å². The lowest BCUT2D eigenvalue weighted by molar-refractivity contribution is -0.124. The summed E-state index contributed by atoms with van der Waals surface area (Å²) in [6.45, 7) is 0. The van der Waals surface area contributed by atoms with Crippen LogP contribution in [0.2, 0.25) is 0 Å². The predicted molar refractivity (Wildman–Crippen MR) is 92.7 cm³/mol. The van der Waals surface area contributed by atoms with Crippen molar-refractivity contribution in [1.82, 2.24) is 19.9 Å². The number of likely N-dealkylation sites (N-methyl/N-ethyl adjacent to an activating group) is 1. The molecule has 0 aliphatic heterocycles. The summed E-state index contributed by atoms with van der Waals surface area (Å²) in [6.07, 6.45) is 4.74. The fourth-order valence-electron chi connectivity index (χ4n) is 2.22. The van der Waals surface area contributed by atoms with Gasteiger partial charge in [0, 0.05) is 20.3 Å². The van der Waals surface area contributed by atoms with Gasteiger partial charge in [-0.3, -0.25) is 4.79 Å². The van der Waals surface area contributed by atoms with Crippen LogP contribution in [0.5, 0.6) is 11.6 Å². The van der Waals surface area contributed by atoms with Crippen LogP contribution in [0.1, 0.15) is 5.56 Å². The number of H-pyrrole nitrogens is 1. The van der Waals surface area contributed by atoms with Crippen molar-refractivity contribution in [2.24, 2.45) is 0 Å². The van der Waals surface area contributed by atoms with Crippen molar-refractivity contribution in [2.45, 2.75) is 0 Å². The number of nitrogens with zero attached hydrogens (tertiary/aromatic N) is 4. The number of amides is 1. The van der Waals surface area contributed by atoms with Gasteiger partial charge in [0.25, 0.3) is 5.91 Å². The minimum atomic E-state index is -0.335. The summed E-state index contributed by atoms with van der Waals surface area (Å²) in [5.74, 6) is 0.712. The molecular formula is C18H15N5O2. The first-order valence-corrected chi connectivity index (χ1v) is 7.48. The van der Waals surface area contributed by atoms with Gasteiger partial charge in [0.2, 0.25) is 5.88 Å². The largest absolute Gasteiger partial charge is 0.438 e. The maximum atomic E-state index is 11.9. The molecule has 0 atom stereocenters. The van der Waals surface area contributed by atoms with E-state index in [4.69, 9.17) is 10.00 Å². The maximum Gasteiger partial charge on any atom is 0.264 e. The lowest BCUT2D eigenvalue weighted by Gasteiger charge is -2.09. The van der Waals surface area contributed by atoms with Crippen LogP contribution < -0.4 is 4.74 Å².